The summed E-state index contributed by atoms with van der Waals surface area (Å²) in [6.45, 7) is 3.98. The summed E-state index contributed by atoms with van der Waals surface area (Å²) in [5.74, 6) is -0.683. The van der Waals surface area contributed by atoms with Crippen LogP contribution in [-0.4, -0.2) is 22.3 Å². The minimum absolute atomic E-state index is 0.0997. The number of carboxylic acids is 1. The summed E-state index contributed by atoms with van der Waals surface area (Å²) in [5, 5.41) is 18.0. The number of aliphatic hydroxyl groups is 1. The van der Waals surface area contributed by atoms with Crippen molar-refractivity contribution in [2.24, 2.45) is 5.92 Å². The van der Waals surface area contributed by atoms with Gasteiger partial charge < -0.3 is 10.2 Å². The zero-order chi connectivity index (χ0) is 10.3. The highest BCUT2D eigenvalue weighted by molar-refractivity contribution is 5.66. The van der Waals surface area contributed by atoms with Gasteiger partial charge in [-0.1, -0.05) is 26.7 Å². The smallest absolute Gasteiger partial charge is 0.303 e. The van der Waals surface area contributed by atoms with Gasteiger partial charge in [0, 0.05) is 6.42 Å². The average Bonchev–Trinajstić information content (AvgIpc) is 2.10. The Morgan fingerprint density at radius 1 is 1.38 bits per heavy atom. The van der Waals surface area contributed by atoms with E-state index in [4.69, 9.17) is 5.11 Å². The Labute approximate surface area is 79.8 Å². The van der Waals surface area contributed by atoms with Crippen molar-refractivity contribution in [2.75, 3.05) is 0 Å². The lowest BCUT2D eigenvalue weighted by molar-refractivity contribution is -0.137. The predicted octanol–water partition coefficient (Wildman–Crippen LogP) is 2.04. The molecule has 78 valence electrons. The van der Waals surface area contributed by atoms with Gasteiger partial charge in [-0.25, -0.2) is 0 Å². The van der Waals surface area contributed by atoms with Crippen LogP contribution in [0.1, 0.15) is 46.0 Å². The van der Waals surface area contributed by atoms with Crippen LogP contribution >= 0.6 is 0 Å². The molecule has 2 atom stereocenters. The maximum absolute atomic E-state index is 10.3. The normalized spacial score (nSPS) is 15.3. The Balaban J connectivity index is 3.56. The van der Waals surface area contributed by atoms with E-state index in [0.29, 0.717) is 6.42 Å². The molecule has 0 spiro atoms. The molecule has 0 aromatic heterocycles. The third-order valence-electron chi connectivity index (χ3n) is 2.32. The average molecular weight is 188 g/mol. The van der Waals surface area contributed by atoms with Crippen LogP contribution in [0.3, 0.4) is 0 Å². The van der Waals surface area contributed by atoms with E-state index in [-0.39, 0.29) is 18.4 Å². The maximum atomic E-state index is 10.3. The Kier molecular flexibility index (Phi) is 6.59. The largest absolute Gasteiger partial charge is 0.481 e. The Bertz CT molecular complexity index is 145. The summed E-state index contributed by atoms with van der Waals surface area (Å²) in [5.41, 5.74) is 0. The van der Waals surface area contributed by atoms with E-state index in [0.717, 1.165) is 19.3 Å². The number of aliphatic carboxylic acids is 1. The molecule has 0 aromatic carbocycles. The number of hydrogen-bond donors (Lipinski definition) is 2. The fourth-order valence-corrected chi connectivity index (χ4v) is 1.24. The molecule has 0 aliphatic carbocycles. The molecule has 0 heterocycles. The summed E-state index contributed by atoms with van der Waals surface area (Å²) in [7, 11) is 0. The lowest BCUT2D eigenvalue weighted by Crippen LogP contribution is -2.18. The van der Waals surface area contributed by atoms with E-state index in [2.05, 4.69) is 6.92 Å². The molecule has 0 saturated heterocycles. The summed E-state index contributed by atoms with van der Waals surface area (Å²) in [4.78, 5) is 10.3. The second-order valence-electron chi connectivity index (χ2n) is 3.62. The number of hydrogen-bond acceptors (Lipinski definition) is 2. The van der Waals surface area contributed by atoms with Gasteiger partial charge in [0.25, 0.3) is 0 Å². The zero-order valence-corrected chi connectivity index (χ0v) is 8.49. The monoisotopic (exact) mass is 188 g/mol. The summed E-state index contributed by atoms with van der Waals surface area (Å²) >= 11 is 0. The Morgan fingerprint density at radius 3 is 2.46 bits per heavy atom. The van der Waals surface area contributed by atoms with Crippen molar-refractivity contribution in [1.82, 2.24) is 0 Å². The first-order valence-electron chi connectivity index (χ1n) is 4.97. The minimum atomic E-state index is -0.783. The lowest BCUT2D eigenvalue weighted by atomic mass is 9.95. The van der Waals surface area contributed by atoms with Crippen molar-refractivity contribution >= 4 is 5.97 Å². The van der Waals surface area contributed by atoms with Crippen molar-refractivity contribution in [3.05, 3.63) is 0 Å². The van der Waals surface area contributed by atoms with Crippen LogP contribution in [0.2, 0.25) is 0 Å². The van der Waals surface area contributed by atoms with Gasteiger partial charge in [-0.05, 0) is 18.8 Å². The van der Waals surface area contributed by atoms with Crippen LogP contribution in [-0.2, 0) is 4.79 Å². The number of aliphatic hydroxyl groups excluding tert-OH is 1. The lowest BCUT2D eigenvalue weighted by Gasteiger charge is -2.17. The van der Waals surface area contributed by atoms with Crippen LogP contribution in [0, 0.1) is 5.92 Å². The zero-order valence-electron chi connectivity index (χ0n) is 8.49. The van der Waals surface area contributed by atoms with Gasteiger partial charge in [0.1, 0.15) is 0 Å². The first-order valence-corrected chi connectivity index (χ1v) is 4.97. The summed E-state index contributed by atoms with van der Waals surface area (Å²) in [6, 6.07) is 0. The SMILES string of the molecule is CCCCC(O)C(C)CCC(=O)O. The molecule has 0 rings (SSSR count). The van der Waals surface area contributed by atoms with Crippen molar-refractivity contribution < 1.29 is 15.0 Å². The molecule has 0 bridgehead atoms. The molecule has 0 aliphatic rings. The molecular formula is C10H20O3. The molecule has 3 heteroatoms. The van der Waals surface area contributed by atoms with E-state index < -0.39 is 5.97 Å². The fraction of sp³-hybridized carbons (Fsp3) is 0.900. The van der Waals surface area contributed by atoms with Crippen LogP contribution in [0.25, 0.3) is 0 Å². The van der Waals surface area contributed by atoms with Crippen LogP contribution in [0.5, 0.6) is 0 Å². The molecule has 0 fully saturated rings. The van der Waals surface area contributed by atoms with E-state index >= 15 is 0 Å². The molecular weight excluding hydrogens is 168 g/mol. The Morgan fingerprint density at radius 2 is 2.00 bits per heavy atom. The molecule has 13 heavy (non-hydrogen) atoms. The fourth-order valence-electron chi connectivity index (χ4n) is 1.24. The van der Waals surface area contributed by atoms with Gasteiger partial charge in [0.2, 0.25) is 0 Å². The van der Waals surface area contributed by atoms with Crippen molar-refractivity contribution in [3.8, 4) is 0 Å². The van der Waals surface area contributed by atoms with Gasteiger partial charge in [0.05, 0.1) is 6.10 Å². The number of carboxylic acid groups (broad SMARTS) is 1. The van der Waals surface area contributed by atoms with Gasteiger partial charge >= 0.3 is 5.97 Å². The third-order valence-corrected chi connectivity index (χ3v) is 2.32. The maximum Gasteiger partial charge on any atom is 0.303 e. The standard InChI is InChI=1S/C10H20O3/c1-3-4-5-9(11)8(2)6-7-10(12)13/h8-9,11H,3-7H2,1-2H3,(H,12,13). The number of rotatable bonds is 7. The van der Waals surface area contributed by atoms with Crippen molar-refractivity contribution in [2.45, 2.75) is 52.1 Å². The highest BCUT2D eigenvalue weighted by Crippen LogP contribution is 2.15. The van der Waals surface area contributed by atoms with E-state index in [9.17, 15) is 9.90 Å². The second kappa shape index (κ2) is 6.89. The first kappa shape index (κ1) is 12.4. The van der Waals surface area contributed by atoms with Gasteiger partial charge in [0.15, 0.2) is 0 Å². The van der Waals surface area contributed by atoms with Crippen LogP contribution < -0.4 is 0 Å². The van der Waals surface area contributed by atoms with E-state index in [1.54, 1.807) is 0 Å². The van der Waals surface area contributed by atoms with Crippen LogP contribution in [0.15, 0.2) is 0 Å². The predicted molar refractivity (Wildman–Crippen MR) is 51.6 cm³/mol. The van der Waals surface area contributed by atoms with Crippen LogP contribution in [0.4, 0.5) is 0 Å². The number of carbonyl (C=O) groups is 1. The molecule has 3 nitrogen and oxygen atoms in total. The third kappa shape index (κ3) is 6.58. The minimum Gasteiger partial charge on any atom is -0.481 e. The quantitative estimate of drug-likeness (QED) is 0.642. The highest BCUT2D eigenvalue weighted by atomic mass is 16.4. The highest BCUT2D eigenvalue weighted by Gasteiger charge is 2.14. The summed E-state index contributed by atoms with van der Waals surface area (Å²) in [6.07, 6.45) is 3.27. The van der Waals surface area contributed by atoms with E-state index in [1.807, 2.05) is 6.92 Å². The molecule has 0 radical (unpaired) electrons. The molecule has 0 saturated carbocycles. The van der Waals surface area contributed by atoms with Gasteiger partial charge in [-0.2, -0.15) is 0 Å². The number of unbranched alkanes of at least 4 members (excludes halogenated alkanes) is 1. The van der Waals surface area contributed by atoms with Crippen molar-refractivity contribution in [1.29, 1.82) is 0 Å². The Hall–Kier alpha value is -0.570. The topological polar surface area (TPSA) is 57.5 Å². The first-order chi connectivity index (χ1) is 6.07. The van der Waals surface area contributed by atoms with Gasteiger partial charge in [-0.3, -0.25) is 4.79 Å². The van der Waals surface area contributed by atoms with Gasteiger partial charge in [-0.15, -0.1) is 0 Å². The molecule has 2 unspecified atom stereocenters. The second-order valence-corrected chi connectivity index (χ2v) is 3.62. The summed E-state index contributed by atoms with van der Waals surface area (Å²) < 4.78 is 0. The molecule has 0 amide bonds. The molecule has 0 aliphatic heterocycles. The van der Waals surface area contributed by atoms with E-state index in [1.165, 1.54) is 0 Å². The molecule has 0 aromatic rings. The molecule has 2 N–H and O–H groups in total. The van der Waals surface area contributed by atoms with Crippen molar-refractivity contribution in [3.63, 3.8) is 0 Å².